The second kappa shape index (κ2) is 10.00. The number of carbonyl (C=O) groups is 2. The van der Waals surface area contributed by atoms with E-state index in [2.05, 4.69) is 0 Å². The lowest BCUT2D eigenvalue weighted by molar-refractivity contribution is -0.140. The molecule has 0 spiro atoms. The number of hydrogen-bond donors (Lipinski definition) is 1. The Morgan fingerprint density at radius 2 is 1.51 bits per heavy atom. The van der Waals surface area contributed by atoms with Gasteiger partial charge in [-0.25, -0.2) is 0 Å². The van der Waals surface area contributed by atoms with E-state index in [0.717, 1.165) is 28.0 Å². The fourth-order valence-electron chi connectivity index (χ4n) is 6.11. The summed E-state index contributed by atoms with van der Waals surface area (Å²) in [5.41, 5.74) is 3.77. The van der Waals surface area contributed by atoms with E-state index < -0.39 is 25.1 Å². The van der Waals surface area contributed by atoms with Crippen molar-refractivity contribution < 1.29 is 24.0 Å². The highest BCUT2D eigenvalue weighted by Gasteiger charge is 2.57. The first-order valence-electron chi connectivity index (χ1n) is 12.8. The minimum Gasteiger partial charge on any atom is -0.489 e. The van der Waals surface area contributed by atoms with Crippen LogP contribution in [0.4, 0.5) is 0 Å². The monoisotopic (exact) mass is 493 g/mol. The minimum absolute atomic E-state index is 0.146. The van der Waals surface area contributed by atoms with Crippen LogP contribution in [-0.2, 0) is 20.8 Å². The maximum absolute atomic E-state index is 13.8. The Bertz CT molecular complexity index is 1310. The Kier molecular flexibility index (Phi) is 6.41. The number of imide groups is 1. The molecule has 6 rings (SSSR count). The zero-order valence-corrected chi connectivity index (χ0v) is 20.4. The molecule has 6 nitrogen and oxygen atoms in total. The molecule has 37 heavy (non-hydrogen) atoms. The van der Waals surface area contributed by atoms with Gasteiger partial charge in [0, 0.05) is 0 Å². The molecule has 0 unspecified atom stereocenters. The zero-order valence-electron chi connectivity index (χ0n) is 20.4. The minimum atomic E-state index is -1.03. The average Bonchev–Trinajstić information content (AvgIpc) is 3.17. The molecule has 2 aliphatic heterocycles. The maximum atomic E-state index is 13.8. The van der Waals surface area contributed by atoms with Crippen LogP contribution in [0.1, 0.15) is 23.7 Å². The van der Waals surface area contributed by atoms with Crippen LogP contribution in [0.3, 0.4) is 0 Å². The van der Waals surface area contributed by atoms with Gasteiger partial charge in [0.2, 0.25) is 11.8 Å². The Morgan fingerprint density at radius 3 is 2.22 bits per heavy atom. The van der Waals surface area contributed by atoms with Crippen molar-refractivity contribution >= 4 is 18.9 Å². The molecule has 1 N–H and O–H groups in total. The molecule has 0 radical (unpaired) electrons. The van der Waals surface area contributed by atoms with Gasteiger partial charge in [-0.1, -0.05) is 78.9 Å². The number of hydrogen-bond acceptors (Lipinski definition) is 5. The molecule has 0 aromatic heterocycles. The fourth-order valence-corrected chi connectivity index (χ4v) is 6.11. The second-order valence-electron chi connectivity index (χ2n) is 9.97. The van der Waals surface area contributed by atoms with Gasteiger partial charge in [-0.2, -0.15) is 0 Å². The SMILES string of the molecule is O=C1[C@@H]2[C@@H](CC(COc3ccccc3)=C3[C@@H](c4ccccc4)OB(O)C[C@@H]32)C(=O)N1Cc1ccccc1. The van der Waals surface area contributed by atoms with Crippen LogP contribution >= 0.6 is 0 Å². The molecule has 2 amide bonds. The van der Waals surface area contributed by atoms with Crippen molar-refractivity contribution in [3.63, 3.8) is 0 Å². The first kappa shape index (κ1) is 23.7. The van der Waals surface area contributed by atoms with Crippen LogP contribution < -0.4 is 4.74 Å². The highest BCUT2D eigenvalue weighted by Crippen LogP contribution is 2.53. The number of ether oxygens (including phenoxy) is 1. The normalized spacial score (nSPS) is 25.2. The summed E-state index contributed by atoms with van der Waals surface area (Å²) in [6, 6.07) is 28.9. The molecule has 0 saturated carbocycles. The lowest BCUT2D eigenvalue weighted by atomic mass is 9.58. The van der Waals surface area contributed by atoms with Crippen LogP contribution in [0, 0.1) is 17.8 Å². The number of rotatable bonds is 6. The maximum Gasteiger partial charge on any atom is 0.455 e. The van der Waals surface area contributed by atoms with Gasteiger partial charge >= 0.3 is 7.12 Å². The van der Waals surface area contributed by atoms with E-state index in [1.807, 2.05) is 91.0 Å². The lowest BCUT2D eigenvalue weighted by Gasteiger charge is -2.43. The van der Waals surface area contributed by atoms with E-state index >= 15 is 0 Å². The van der Waals surface area contributed by atoms with E-state index in [0.29, 0.717) is 13.0 Å². The Morgan fingerprint density at radius 1 is 0.865 bits per heavy atom. The molecule has 1 aliphatic carbocycles. The highest BCUT2D eigenvalue weighted by molar-refractivity contribution is 6.43. The highest BCUT2D eigenvalue weighted by atomic mass is 16.5. The third kappa shape index (κ3) is 4.49. The van der Waals surface area contributed by atoms with Crippen LogP contribution in [0.5, 0.6) is 5.75 Å². The predicted octanol–water partition coefficient (Wildman–Crippen LogP) is 4.44. The summed E-state index contributed by atoms with van der Waals surface area (Å²) in [5.74, 6) is -0.865. The first-order chi connectivity index (χ1) is 18.1. The molecular formula is C30H28BNO5. The number of para-hydroxylation sites is 1. The molecule has 7 heteroatoms. The second-order valence-corrected chi connectivity index (χ2v) is 9.97. The van der Waals surface area contributed by atoms with Crippen molar-refractivity contribution in [1.29, 1.82) is 0 Å². The van der Waals surface area contributed by atoms with Gasteiger partial charge in [0.05, 0.1) is 24.5 Å². The van der Waals surface area contributed by atoms with Crippen LogP contribution in [0.25, 0.3) is 0 Å². The molecular weight excluding hydrogens is 465 g/mol. The molecule has 3 aromatic rings. The number of nitrogens with zero attached hydrogens (tertiary/aromatic N) is 1. The summed E-state index contributed by atoms with van der Waals surface area (Å²) in [4.78, 5) is 28.8. The quantitative estimate of drug-likeness (QED) is 0.312. The van der Waals surface area contributed by atoms with Crippen LogP contribution in [0.2, 0.25) is 6.32 Å². The summed E-state index contributed by atoms with van der Waals surface area (Å²) in [7, 11) is -1.03. The molecule has 2 fully saturated rings. The molecule has 2 saturated heterocycles. The van der Waals surface area contributed by atoms with Gasteiger partial charge in [0.25, 0.3) is 0 Å². The summed E-state index contributed by atoms with van der Waals surface area (Å²) in [5, 5.41) is 10.8. The van der Waals surface area contributed by atoms with Gasteiger partial charge < -0.3 is 14.4 Å². The summed E-state index contributed by atoms with van der Waals surface area (Å²) in [6.07, 6.45) is 0.200. The van der Waals surface area contributed by atoms with Crippen molar-refractivity contribution in [3.8, 4) is 5.75 Å². The van der Waals surface area contributed by atoms with E-state index in [1.165, 1.54) is 4.90 Å². The molecule has 3 aromatic carbocycles. The topological polar surface area (TPSA) is 76.1 Å². The van der Waals surface area contributed by atoms with Gasteiger partial charge in [0.15, 0.2) is 0 Å². The molecule has 0 bridgehead atoms. The van der Waals surface area contributed by atoms with Crippen molar-refractivity contribution in [2.24, 2.45) is 17.8 Å². The fraction of sp³-hybridized carbons (Fsp3) is 0.267. The van der Waals surface area contributed by atoms with Crippen LogP contribution in [-0.4, -0.2) is 35.5 Å². The van der Waals surface area contributed by atoms with Crippen LogP contribution in [0.15, 0.2) is 102 Å². The molecule has 4 atom stereocenters. The average molecular weight is 493 g/mol. The summed E-state index contributed by atoms with van der Waals surface area (Å²) >= 11 is 0. The number of carbonyl (C=O) groups excluding carboxylic acids is 2. The molecule has 186 valence electrons. The first-order valence-corrected chi connectivity index (χ1v) is 12.8. The Hall–Kier alpha value is -3.68. The molecule has 2 heterocycles. The Balaban J connectivity index is 1.38. The predicted molar refractivity (Wildman–Crippen MR) is 139 cm³/mol. The zero-order chi connectivity index (χ0) is 25.4. The van der Waals surface area contributed by atoms with Crippen molar-refractivity contribution in [2.75, 3.05) is 6.61 Å². The summed E-state index contributed by atoms with van der Waals surface area (Å²) < 4.78 is 12.2. The largest absolute Gasteiger partial charge is 0.489 e. The van der Waals surface area contributed by atoms with Crippen molar-refractivity contribution in [3.05, 3.63) is 113 Å². The van der Waals surface area contributed by atoms with E-state index in [-0.39, 0.29) is 30.6 Å². The van der Waals surface area contributed by atoms with Crippen molar-refractivity contribution in [2.45, 2.75) is 25.4 Å². The van der Waals surface area contributed by atoms with Gasteiger partial charge in [-0.15, -0.1) is 0 Å². The molecule has 3 aliphatic rings. The standard InChI is InChI=1S/C30H28BNO5/c33-29-24-16-22(19-36-23-14-8-3-9-15-23)26-25(17-31(35)37-28(26)21-12-6-2-7-13-21)27(24)30(34)32(29)18-20-10-4-1-5-11-20/h1-15,24-25,27-28,35H,16-19H2/t24-,25+,27-,28-/m1/s1. The third-order valence-corrected chi connectivity index (χ3v) is 7.75. The number of likely N-dealkylation sites (tertiary alicyclic amines) is 1. The smallest absolute Gasteiger partial charge is 0.455 e. The van der Waals surface area contributed by atoms with Crippen molar-refractivity contribution in [1.82, 2.24) is 4.90 Å². The van der Waals surface area contributed by atoms with E-state index in [4.69, 9.17) is 9.39 Å². The third-order valence-electron chi connectivity index (χ3n) is 7.75. The lowest BCUT2D eigenvalue weighted by Crippen LogP contribution is -2.43. The Labute approximate surface area is 216 Å². The summed E-state index contributed by atoms with van der Waals surface area (Å²) in [6.45, 7) is 0.548. The number of benzene rings is 3. The van der Waals surface area contributed by atoms with Gasteiger partial charge in [-0.3, -0.25) is 14.5 Å². The number of fused-ring (bicyclic) bond motifs is 3. The van der Waals surface area contributed by atoms with E-state index in [1.54, 1.807) is 0 Å². The number of amides is 2. The van der Waals surface area contributed by atoms with E-state index in [9.17, 15) is 14.6 Å². The van der Waals surface area contributed by atoms with Gasteiger partial charge in [-0.05, 0) is 53.1 Å². The van der Waals surface area contributed by atoms with Gasteiger partial charge in [0.1, 0.15) is 12.4 Å².